The van der Waals surface area contributed by atoms with E-state index in [0.29, 0.717) is 16.8 Å². The van der Waals surface area contributed by atoms with Crippen LogP contribution in [-0.2, 0) is 17.9 Å². The van der Waals surface area contributed by atoms with Gasteiger partial charge in [-0.15, -0.1) is 5.10 Å². The van der Waals surface area contributed by atoms with Crippen LogP contribution >= 0.6 is 15.9 Å². The number of rotatable bonds is 4. The topological polar surface area (TPSA) is 59.8 Å². The Hall–Kier alpha value is -1.76. The second-order valence-corrected chi connectivity index (χ2v) is 4.78. The third-order valence-electron chi connectivity index (χ3n) is 2.53. The van der Waals surface area contributed by atoms with Crippen LogP contribution in [0.5, 0.6) is 0 Å². The standard InChI is InChI=1S/C12H12BrFN4O/c1-8-4-9(2-3-10(8)14)5-15-11(19)6-18-7-16-12(13)17-18/h2-4,7H,5-6H2,1H3,(H,15,19). The molecule has 0 aliphatic heterocycles. The van der Waals surface area contributed by atoms with Crippen molar-refractivity contribution >= 4 is 21.8 Å². The van der Waals surface area contributed by atoms with E-state index in [4.69, 9.17) is 0 Å². The predicted molar refractivity (Wildman–Crippen MR) is 70.7 cm³/mol. The van der Waals surface area contributed by atoms with Gasteiger partial charge in [0, 0.05) is 6.54 Å². The summed E-state index contributed by atoms with van der Waals surface area (Å²) in [6.45, 7) is 2.14. The van der Waals surface area contributed by atoms with Gasteiger partial charge >= 0.3 is 0 Å². The lowest BCUT2D eigenvalue weighted by molar-refractivity contribution is -0.122. The molecule has 19 heavy (non-hydrogen) atoms. The summed E-state index contributed by atoms with van der Waals surface area (Å²) in [6, 6.07) is 4.75. The van der Waals surface area contributed by atoms with E-state index in [-0.39, 0.29) is 18.3 Å². The minimum Gasteiger partial charge on any atom is -0.350 e. The molecule has 7 heteroatoms. The molecule has 0 atom stereocenters. The largest absolute Gasteiger partial charge is 0.350 e. The van der Waals surface area contributed by atoms with Crippen molar-refractivity contribution in [2.24, 2.45) is 0 Å². The van der Waals surface area contributed by atoms with Gasteiger partial charge in [-0.3, -0.25) is 4.79 Å². The third kappa shape index (κ3) is 3.85. The maximum Gasteiger partial charge on any atom is 0.242 e. The number of benzene rings is 1. The Bertz CT molecular complexity index is 599. The first-order chi connectivity index (χ1) is 9.04. The van der Waals surface area contributed by atoms with Gasteiger partial charge in [-0.05, 0) is 40.0 Å². The normalized spacial score (nSPS) is 10.5. The van der Waals surface area contributed by atoms with E-state index in [1.165, 1.54) is 17.1 Å². The van der Waals surface area contributed by atoms with Gasteiger partial charge in [0.2, 0.25) is 10.6 Å². The lowest BCUT2D eigenvalue weighted by Crippen LogP contribution is -2.27. The van der Waals surface area contributed by atoms with E-state index >= 15 is 0 Å². The summed E-state index contributed by atoms with van der Waals surface area (Å²) in [7, 11) is 0. The number of aryl methyl sites for hydroxylation is 1. The predicted octanol–water partition coefficient (Wildman–Crippen LogP) is 1.80. The molecule has 0 radical (unpaired) electrons. The minimum atomic E-state index is -0.248. The van der Waals surface area contributed by atoms with Gasteiger partial charge in [0.1, 0.15) is 18.7 Å². The number of hydrogen-bond donors (Lipinski definition) is 1. The van der Waals surface area contributed by atoms with Crippen LogP contribution in [0.2, 0.25) is 0 Å². The summed E-state index contributed by atoms with van der Waals surface area (Å²) in [6.07, 6.45) is 1.46. The first-order valence-electron chi connectivity index (χ1n) is 5.61. The number of carbonyl (C=O) groups is 1. The fourth-order valence-corrected chi connectivity index (χ4v) is 1.86. The van der Waals surface area contributed by atoms with Crippen molar-refractivity contribution in [1.29, 1.82) is 0 Å². The molecule has 1 N–H and O–H groups in total. The molecule has 2 aromatic rings. The van der Waals surface area contributed by atoms with Crippen molar-refractivity contribution < 1.29 is 9.18 Å². The van der Waals surface area contributed by atoms with Crippen molar-refractivity contribution in [1.82, 2.24) is 20.1 Å². The lowest BCUT2D eigenvalue weighted by atomic mass is 10.1. The lowest BCUT2D eigenvalue weighted by Gasteiger charge is -2.06. The van der Waals surface area contributed by atoms with Gasteiger partial charge in [0.25, 0.3) is 0 Å². The maximum atomic E-state index is 13.1. The molecule has 0 saturated carbocycles. The quantitative estimate of drug-likeness (QED) is 0.932. The summed E-state index contributed by atoms with van der Waals surface area (Å²) < 4.78 is 14.9. The molecule has 0 aliphatic rings. The highest BCUT2D eigenvalue weighted by Gasteiger charge is 2.05. The molecule has 1 aromatic heterocycles. The van der Waals surface area contributed by atoms with Crippen LogP contribution in [-0.4, -0.2) is 20.7 Å². The first-order valence-corrected chi connectivity index (χ1v) is 6.40. The first kappa shape index (κ1) is 13.7. The highest BCUT2D eigenvalue weighted by atomic mass is 79.9. The fourth-order valence-electron chi connectivity index (χ4n) is 1.57. The molecule has 0 bridgehead atoms. The molecule has 2 rings (SSSR count). The highest BCUT2D eigenvalue weighted by molar-refractivity contribution is 9.10. The molecule has 0 unspecified atom stereocenters. The Balaban J connectivity index is 1.88. The number of hydrogen-bond acceptors (Lipinski definition) is 3. The number of nitrogens with zero attached hydrogens (tertiary/aromatic N) is 3. The zero-order valence-electron chi connectivity index (χ0n) is 10.2. The van der Waals surface area contributed by atoms with Crippen LogP contribution < -0.4 is 5.32 Å². The molecule has 1 amide bonds. The zero-order chi connectivity index (χ0) is 13.8. The van der Waals surface area contributed by atoms with Gasteiger partial charge in [-0.1, -0.05) is 12.1 Å². The molecule has 0 saturated heterocycles. The Labute approximate surface area is 118 Å². The minimum absolute atomic E-state index is 0.0960. The molecular formula is C12H12BrFN4O. The van der Waals surface area contributed by atoms with E-state index in [2.05, 4.69) is 31.3 Å². The summed E-state index contributed by atoms with van der Waals surface area (Å²) in [5.41, 5.74) is 1.42. The van der Waals surface area contributed by atoms with E-state index in [1.807, 2.05) is 0 Å². The molecule has 0 spiro atoms. The number of halogens is 2. The Kier molecular flexibility index (Phi) is 4.26. The van der Waals surface area contributed by atoms with Crippen LogP contribution in [0.15, 0.2) is 29.3 Å². The van der Waals surface area contributed by atoms with E-state index in [9.17, 15) is 9.18 Å². The Morgan fingerprint density at radius 3 is 2.95 bits per heavy atom. The SMILES string of the molecule is Cc1cc(CNC(=O)Cn2cnc(Br)n2)ccc1F. The number of amides is 1. The fraction of sp³-hybridized carbons (Fsp3) is 0.250. The van der Waals surface area contributed by atoms with Crippen LogP contribution in [0.1, 0.15) is 11.1 Å². The number of nitrogens with one attached hydrogen (secondary N) is 1. The summed E-state index contributed by atoms with van der Waals surface area (Å²) >= 11 is 3.10. The van der Waals surface area contributed by atoms with Crippen LogP contribution in [0, 0.1) is 12.7 Å². The van der Waals surface area contributed by atoms with Crippen molar-refractivity contribution in [3.63, 3.8) is 0 Å². The number of aromatic nitrogens is 3. The van der Waals surface area contributed by atoms with Crippen molar-refractivity contribution in [3.05, 3.63) is 46.2 Å². The average molecular weight is 327 g/mol. The third-order valence-corrected chi connectivity index (χ3v) is 2.89. The second kappa shape index (κ2) is 5.92. The highest BCUT2D eigenvalue weighted by Crippen LogP contribution is 2.08. The molecule has 100 valence electrons. The van der Waals surface area contributed by atoms with Gasteiger partial charge < -0.3 is 5.32 Å². The van der Waals surface area contributed by atoms with Gasteiger partial charge in [-0.2, -0.15) is 0 Å². The van der Waals surface area contributed by atoms with Gasteiger partial charge in [-0.25, -0.2) is 14.1 Å². The van der Waals surface area contributed by atoms with Crippen molar-refractivity contribution in [2.45, 2.75) is 20.0 Å². The summed E-state index contributed by atoms with van der Waals surface area (Å²) in [5.74, 6) is -0.429. The van der Waals surface area contributed by atoms with E-state index in [0.717, 1.165) is 5.56 Å². The van der Waals surface area contributed by atoms with Crippen LogP contribution in [0.25, 0.3) is 0 Å². The van der Waals surface area contributed by atoms with Gasteiger partial charge in [0.15, 0.2) is 0 Å². The monoisotopic (exact) mass is 326 g/mol. The summed E-state index contributed by atoms with van der Waals surface area (Å²) in [5, 5.41) is 6.68. The van der Waals surface area contributed by atoms with Crippen molar-refractivity contribution in [2.75, 3.05) is 0 Å². The second-order valence-electron chi connectivity index (χ2n) is 4.07. The summed E-state index contributed by atoms with van der Waals surface area (Å²) in [4.78, 5) is 15.5. The van der Waals surface area contributed by atoms with E-state index < -0.39 is 0 Å². The molecule has 5 nitrogen and oxygen atoms in total. The molecule has 1 aromatic carbocycles. The zero-order valence-corrected chi connectivity index (χ0v) is 11.8. The maximum absolute atomic E-state index is 13.1. The smallest absolute Gasteiger partial charge is 0.242 e. The van der Waals surface area contributed by atoms with Crippen molar-refractivity contribution in [3.8, 4) is 0 Å². The van der Waals surface area contributed by atoms with Crippen LogP contribution in [0.3, 0.4) is 0 Å². The van der Waals surface area contributed by atoms with E-state index in [1.54, 1.807) is 19.1 Å². The molecular weight excluding hydrogens is 315 g/mol. The average Bonchev–Trinajstić information content (AvgIpc) is 2.76. The Morgan fingerprint density at radius 2 is 2.32 bits per heavy atom. The number of carbonyl (C=O) groups excluding carboxylic acids is 1. The molecule has 0 fully saturated rings. The molecule has 0 aliphatic carbocycles. The molecule has 1 heterocycles. The Morgan fingerprint density at radius 1 is 1.53 bits per heavy atom. The van der Waals surface area contributed by atoms with Gasteiger partial charge in [0.05, 0.1) is 0 Å². The van der Waals surface area contributed by atoms with Crippen LogP contribution in [0.4, 0.5) is 4.39 Å².